The van der Waals surface area contributed by atoms with Crippen LogP contribution in [0.5, 0.6) is 5.75 Å². The van der Waals surface area contributed by atoms with Crippen LogP contribution in [0.2, 0.25) is 0 Å². The molecular formula is C27H26BrN3O4. The Labute approximate surface area is 211 Å². The van der Waals surface area contributed by atoms with Gasteiger partial charge in [-0.1, -0.05) is 59.6 Å². The minimum absolute atomic E-state index is 0.222. The Morgan fingerprint density at radius 3 is 2.74 bits per heavy atom. The quantitative estimate of drug-likeness (QED) is 0.209. The van der Waals surface area contributed by atoms with Gasteiger partial charge in [-0.05, 0) is 48.4 Å². The molecule has 0 aliphatic carbocycles. The highest BCUT2D eigenvalue weighted by Crippen LogP contribution is 2.27. The molecule has 4 rings (SSSR count). The van der Waals surface area contributed by atoms with Gasteiger partial charge in [0.05, 0.1) is 23.7 Å². The predicted octanol–water partition coefficient (Wildman–Crippen LogP) is 5.48. The van der Waals surface area contributed by atoms with Gasteiger partial charge in [-0.15, -0.1) is 0 Å². The summed E-state index contributed by atoms with van der Waals surface area (Å²) in [6, 6.07) is 17.0. The first-order chi connectivity index (χ1) is 17.0. The lowest BCUT2D eigenvalue weighted by atomic mass is 10.0. The highest BCUT2D eigenvalue weighted by atomic mass is 79.9. The highest BCUT2D eigenvalue weighted by molar-refractivity contribution is 9.10. The Morgan fingerprint density at radius 1 is 1.11 bits per heavy atom. The predicted molar refractivity (Wildman–Crippen MR) is 141 cm³/mol. The molecular weight excluding hydrogens is 510 g/mol. The smallest absolute Gasteiger partial charge is 0.344 e. The maximum atomic E-state index is 13.4. The molecule has 0 unspecified atom stereocenters. The first-order valence-corrected chi connectivity index (χ1v) is 12.4. The third-order valence-electron chi connectivity index (χ3n) is 5.51. The molecule has 1 aromatic heterocycles. The minimum atomic E-state index is -0.453. The normalized spacial score (nSPS) is 11.4. The van der Waals surface area contributed by atoms with E-state index in [0.29, 0.717) is 34.5 Å². The SMILES string of the molecule is CCCCc1nc2ccc(Br)cc2c(=O)n1N=Cc1c(OCC(=O)OCC)ccc2ccccc12. The molecule has 0 fully saturated rings. The first kappa shape index (κ1) is 24.6. The van der Waals surface area contributed by atoms with Crippen LogP contribution in [-0.4, -0.2) is 35.1 Å². The van der Waals surface area contributed by atoms with Crippen LogP contribution in [-0.2, 0) is 16.0 Å². The zero-order chi connectivity index (χ0) is 24.8. The van der Waals surface area contributed by atoms with Crippen molar-refractivity contribution in [3.05, 3.63) is 80.8 Å². The van der Waals surface area contributed by atoms with Crippen molar-refractivity contribution in [2.75, 3.05) is 13.2 Å². The van der Waals surface area contributed by atoms with E-state index in [2.05, 4.69) is 28.0 Å². The molecule has 0 radical (unpaired) electrons. The summed E-state index contributed by atoms with van der Waals surface area (Å²) < 4.78 is 12.9. The number of fused-ring (bicyclic) bond motifs is 2. The molecule has 7 nitrogen and oxygen atoms in total. The maximum absolute atomic E-state index is 13.4. The van der Waals surface area contributed by atoms with E-state index in [1.165, 1.54) is 4.68 Å². The molecule has 0 saturated carbocycles. The number of hydrogen-bond donors (Lipinski definition) is 0. The fraction of sp³-hybridized carbons (Fsp3) is 0.259. The summed E-state index contributed by atoms with van der Waals surface area (Å²) in [4.78, 5) is 30.0. The van der Waals surface area contributed by atoms with Crippen LogP contribution in [0.4, 0.5) is 0 Å². The summed E-state index contributed by atoms with van der Waals surface area (Å²) >= 11 is 3.44. The summed E-state index contributed by atoms with van der Waals surface area (Å²) in [5.41, 5.74) is 1.06. The van der Waals surface area contributed by atoms with Crippen LogP contribution in [0.15, 0.2) is 69.0 Å². The standard InChI is InChI=1S/C27H26BrN3O4/c1-3-5-10-25-30-23-13-12-19(28)15-21(23)27(33)31(25)29-16-22-20-9-7-6-8-18(20)11-14-24(22)35-17-26(32)34-4-2/h6-9,11-16H,3-5,10,17H2,1-2H3. The van der Waals surface area contributed by atoms with Gasteiger partial charge < -0.3 is 9.47 Å². The number of aromatic nitrogens is 2. The molecule has 0 saturated heterocycles. The van der Waals surface area contributed by atoms with Gasteiger partial charge >= 0.3 is 5.97 Å². The number of benzene rings is 3. The van der Waals surface area contributed by atoms with Gasteiger partial charge in [-0.2, -0.15) is 9.78 Å². The van der Waals surface area contributed by atoms with Crippen molar-refractivity contribution in [2.45, 2.75) is 33.1 Å². The van der Waals surface area contributed by atoms with E-state index in [0.717, 1.165) is 28.1 Å². The number of hydrogen-bond acceptors (Lipinski definition) is 6. The summed E-state index contributed by atoms with van der Waals surface area (Å²) in [5, 5.41) is 6.94. The fourth-order valence-electron chi connectivity index (χ4n) is 3.80. The number of carbonyl (C=O) groups is 1. The molecule has 0 atom stereocenters. The molecule has 0 spiro atoms. The number of ether oxygens (including phenoxy) is 2. The van der Waals surface area contributed by atoms with E-state index < -0.39 is 5.97 Å². The van der Waals surface area contributed by atoms with E-state index >= 15 is 0 Å². The van der Waals surface area contributed by atoms with Crippen LogP contribution in [0.1, 0.15) is 38.1 Å². The second-order valence-electron chi connectivity index (χ2n) is 7.95. The van der Waals surface area contributed by atoms with Gasteiger partial charge in [0.25, 0.3) is 5.56 Å². The second-order valence-corrected chi connectivity index (χ2v) is 8.86. The van der Waals surface area contributed by atoms with Crippen LogP contribution in [0, 0.1) is 0 Å². The monoisotopic (exact) mass is 535 g/mol. The average molecular weight is 536 g/mol. The van der Waals surface area contributed by atoms with Crippen molar-refractivity contribution in [1.82, 2.24) is 9.66 Å². The van der Waals surface area contributed by atoms with E-state index in [-0.39, 0.29) is 18.8 Å². The van der Waals surface area contributed by atoms with Crippen molar-refractivity contribution in [3.8, 4) is 5.75 Å². The molecule has 4 aromatic rings. The zero-order valence-electron chi connectivity index (χ0n) is 19.7. The Morgan fingerprint density at radius 2 is 1.94 bits per heavy atom. The molecule has 3 aromatic carbocycles. The Kier molecular flexibility index (Phi) is 7.92. The lowest BCUT2D eigenvalue weighted by Gasteiger charge is -2.12. The molecule has 8 heteroatoms. The average Bonchev–Trinajstić information content (AvgIpc) is 2.86. The third-order valence-corrected chi connectivity index (χ3v) is 6.01. The molecule has 0 bridgehead atoms. The van der Waals surface area contributed by atoms with Crippen molar-refractivity contribution >= 4 is 49.8 Å². The maximum Gasteiger partial charge on any atom is 0.344 e. The van der Waals surface area contributed by atoms with Gasteiger partial charge in [0, 0.05) is 16.5 Å². The summed E-state index contributed by atoms with van der Waals surface area (Å²) in [6.07, 6.45) is 4.07. The molecule has 0 N–H and O–H groups in total. The summed E-state index contributed by atoms with van der Waals surface area (Å²) in [7, 11) is 0. The topological polar surface area (TPSA) is 82.8 Å². The van der Waals surface area contributed by atoms with Crippen molar-refractivity contribution in [1.29, 1.82) is 0 Å². The largest absolute Gasteiger partial charge is 0.481 e. The number of esters is 1. The van der Waals surface area contributed by atoms with Crippen LogP contribution >= 0.6 is 15.9 Å². The molecule has 0 aliphatic heterocycles. The lowest BCUT2D eigenvalue weighted by Crippen LogP contribution is -2.22. The van der Waals surface area contributed by atoms with E-state index in [9.17, 15) is 9.59 Å². The number of halogens is 1. The van der Waals surface area contributed by atoms with Gasteiger partial charge in [-0.3, -0.25) is 4.79 Å². The Balaban J connectivity index is 1.83. The molecule has 1 heterocycles. The molecule has 0 aliphatic rings. The second kappa shape index (κ2) is 11.3. The number of aryl methyl sites for hydroxylation is 1. The van der Waals surface area contributed by atoms with Gasteiger partial charge in [0.15, 0.2) is 6.61 Å². The highest BCUT2D eigenvalue weighted by Gasteiger charge is 2.13. The van der Waals surface area contributed by atoms with E-state index in [4.69, 9.17) is 14.5 Å². The molecule has 0 amide bonds. The van der Waals surface area contributed by atoms with Gasteiger partial charge in [0.2, 0.25) is 0 Å². The number of carbonyl (C=O) groups excluding carboxylic acids is 1. The molecule has 180 valence electrons. The van der Waals surface area contributed by atoms with Crippen LogP contribution in [0.25, 0.3) is 21.7 Å². The van der Waals surface area contributed by atoms with Gasteiger partial charge in [-0.25, -0.2) is 9.78 Å². The van der Waals surface area contributed by atoms with Crippen LogP contribution in [0.3, 0.4) is 0 Å². The Bertz CT molecular complexity index is 1460. The first-order valence-electron chi connectivity index (χ1n) is 11.6. The van der Waals surface area contributed by atoms with Crippen molar-refractivity contribution in [2.24, 2.45) is 5.10 Å². The number of unbranched alkanes of at least 4 members (excludes halogenated alkanes) is 1. The van der Waals surface area contributed by atoms with Crippen LogP contribution < -0.4 is 10.3 Å². The number of nitrogens with zero attached hydrogens (tertiary/aromatic N) is 3. The molecule has 35 heavy (non-hydrogen) atoms. The van der Waals surface area contributed by atoms with E-state index in [1.54, 1.807) is 25.3 Å². The summed E-state index contributed by atoms with van der Waals surface area (Å²) in [6.45, 7) is 3.90. The van der Waals surface area contributed by atoms with Crippen molar-refractivity contribution in [3.63, 3.8) is 0 Å². The minimum Gasteiger partial charge on any atom is -0.481 e. The Hall–Kier alpha value is -3.52. The fourth-order valence-corrected chi connectivity index (χ4v) is 4.16. The van der Waals surface area contributed by atoms with E-state index in [1.807, 2.05) is 42.5 Å². The third kappa shape index (κ3) is 5.59. The van der Waals surface area contributed by atoms with Gasteiger partial charge in [0.1, 0.15) is 11.6 Å². The lowest BCUT2D eigenvalue weighted by molar-refractivity contribution is -0.145. The zero-order valence-corrected chi connectivity index (χ0v) is 21.2. The summed E-state index contributed by atoms with van der Waals surface area (Å²) in [5.74, 6) is 0.614. The number of rotatable bonds is 9. The van der Waals surface area contributed by atoms with Crippen molar-refractivity contribution < 1.29 is 14.3 Å².